The quantitative estimate of drug-likeness (QED) is 0.776. The second-order valence-electron chi connectivity index (χ2n) is 5.48. The zero-order valence-corrected chi connectivity index (χ0v) is 11.3. The lowest BCUT2D eigenvalue weighted by molar-refractivity contribution is 0.121. The maximum atomic E-state index is 11.5. The Morgan fingerprint density at radius 1 is 1.53 bits per heavy atom. The van der Waals surface area contributed by atoms with Crippen LogP contribution in [-0.2, 0) is 4.74 Å². The maximum Gasteiger partial charge on any atom is 0.407 e. The zero-order chi connectivity index (χ0) is 12.7. The smallest absolute Gasteiger partial charge is 0.407 e. The van der Waals surface area contributed by atoms with E-state index in [-0.39, 0.29) is 11.5 Å². The molecule has 1 fully saturated rings. The molecule has 0 aromatic rings. The monoisotopic (exact) mass is 242 g/mol. The molecule has 1 rings (SSSR count). The molecule has 0 aromatic heterocycles. The van der Waals surface area contributed by atoms with Crippen LogP contribution in [0.25, 0.3) is 0 Å². The summed E-state index contributed by atoms with van der Waals surface area (Å²) in [5.74, 6) is 0.386. The number of amides is 1. The molecule has 1 aliphatic heterocycles. The molecule has 1 saturated heterocycles. The standard InChI is InChI=1S/C13H26N2O2/c1-4-13(6-5-7-14-9-13)10-15-12(16)17-8-11(2)3/h11,14H,4-10H2,1-3H3,(H,15,16). The van der Waals surface area contributed by atoms with E-state index in [4.69, 9.17) is 4.74 Å². The number of nitrogens with one attached hydrogen (secondary N) is 2. The summed E-state index contributed by atoms with van der Waals surface area (Å²) in [7, 11) is 0. The van der Waals surface area contributed by atoms with Crippen LogP contribution in [0.4, 0.5) is 4.79 Å². The molecule has 1 atom stereocenters. The predicted octanol–water partition coefficient (Wildman–Crippen LogP) is 2.15. The van der Waals surface area contributed by atoms with Gasteiger partial charge in [-0.15, -0.1) is 0 Å². The molecule has 4 nitrogen and oxygen atoms in total. The van der Waals surface area contributed by atoms with E-state index in [1.54, 1.807) is 0 Å². The minimum atomic E-state index is -0.280. The summed E-state index contributed by atoms with van der Waals surface area (Å²) in [5, 5.41) is 6.31. The molecule has 1 amide bonds. The Hall–Kier alpha value is -0.770. The summed E-state index contributed by atoms with van der Waals surface area (Å²) in [6, 6.07) is 0. The van der Waals surface area contributed by atoms with Gasteiger partial charge < -0.3 is 15.4 Å². The maximum absolute atomic E-state index is 11.5. The minimum absolute atomic E-state index is 0.217. The number of hydrogen-bond donors (Lipinski definition) is 2. The van der Waals surface area contributed by atoms with Crippen molar-refractivity contribution in [3.63, 3.8) is 0 Å². The van der Waals surface area contributed by atoms with Crippen molar-refractivity contribution in [2.24, 2.45) is 11.3 Å². The van der Waals surface area contributed by atoms with E-state index < -0.39 is 0 Å². The largest absolute Gasteiger partial charge is 0.449 e. The van der Waals surface area contributed by atoms with Crippen LogP contribution in [0.1, 0.15) is 40.0 Å². The third-order valence-electron chi connectivity index (χ3n) is 3.47. The fourth-order valence-corrected chi connectivity index (χ4v) is 2.16. The highest BCUT2D eigenvalue weighted by Crippen LogP contribution is 2.28. The molecule has 17 heavy (non-hydrogen) atoms. The minimum Gasteiger partial charge on any atom is -0.449 e. The van der Waals surface area contributed by atoms with E-state index in [0.717, 1.165) is 19.5 Å². The van der Waals surface area contributed by atoms with Gasteiger partial charge in [-0.3, -0.25) is 0 Å². The lowest BCUT2D eigenvalue weighted by Gasteiger charge is -2.36. The molecule has 2 N–H and O–H groups in total. The Labute approximate surface area is 104 Å². The molecule has 0 bridgehead atoms. The van der Waals surface area contributed by atoms with Gasteiger partial charge >= 0.3 is 6.09 Å². The number of carbonyl (C=O) groups excluding carboxylic acids is 1. The highest BCUT2D eigenvalue weighted by Gasteiger charge is 2.30. The SMILES string of the molecule is CCC1(CNC(=O)OCC(C)C)CCCNC1. The van der Waals surface area contributed by atoms with Crippen molar-refractivity contribution in [2.45, 2.75) is 40.0 Å². The van der Waals surface area contributed by atoms with E-state index in [1.165, 1.54) is 12.8 Å². The van der Waals surface area contributed by atoms with Gasteiger partial charge in [-0.1, -0.05) is 20.8 Å². The van der Waals surface area contributed by atoms with Gasteiger partial charge in [-0.25, -0.2) is 4.79 Å². The van der Waals surface area contributed by atoms with Crippen LogP contribution in [0.3, 0.4) is 0 Å². The van der Waals surface area contributed by atoms with E-state index in [9.17, 15) is 4.79 Å². The van der Waals surface area contributed by atoms with E-state index in [2.05, 4.69) is 17.6 Å². The van der Waals surface area contributed by atoms with Crippen molar-refractivity contribution in [2.75, 3.05) is 26.2 Å². The predicted molar refractivity (Wildman–Crippen MR) is 69.0 cm³/mol. The van der Waals surface area contributed by atoms with Crippen LogP contribution in [0.15, 0.2) is 0 Å². The van der Waals surface area contributed by atoms with Crippen molar-refractivity contribution in [3.05, 3.63) is 0 Å². The summed E-state index contributed by atoms with van der Waals surface area (Å²) in [6.07, 6.45) is 3.18. The lowest BCUT2D eigenvalue weighted by Crippen LogP contribution is -2.47. The van der Waals surface area contributed by atoms with Gasteiger partial charge in [0.1, 0.15) is 0 Å². The number of ether oxygens (including phenoxy) is 1. The van der Waals surface area contributed by atoms with Crippen molar-refractivity contribution < 1.29 is 9.53 Å². The van der Waals surface area contributed by atoms with Crippen molar-refractivity contribution in [1.29, 1.82) is 0 Å². The first kappa shape index (κ1) is 14.3. The summed E-state index contributed by atoms with van der Waals surface area (Å²) in [4.78, 5) is 11.5. The zero-order valence-electron chi connectivity index (χ0n) is 11.3. The normalized spacial score (nSPS) is 24.7. The lowest BCUT2D eigenvalue weighted by atomic mass is 9.78. The van der Waals surface area contributed by atoms with Gasteiger partial charge in [0.25, 0.3) is 0 Å². The summed E-state index contributed by atoms with van der Waals surface area (Å²) in [6.45, 7) is 9.55. The molecule has 0 spiro atoms. The third-order valence-corrected chi connectivity index (χ3v) is 3.47. The topological polar surface area (TPSA) is 50.4 Å². The molecule has 1 unspecified atom stereocenters. The molecule has 4 heteroatoms. The number of rotatable bonds is 5. The molecule has 1 heterocycles. The number of hydrogen-bond acceptors (Lipinski definition) is 3. The second-order valence-corrected chi connectivity index (χ2v) is 5.48. The van der Waals surface area contributed by atoms with E-state index in [0.29, 0.717) is 19.1 Å². The fourth-order valence-electron chi connectivity index (χ4n) is 2.16. The van der Waals surface area contributed by atoms with Crippen molar-refractivity contribution in [3.8, 4) is 0 Å². The number of piperidine rings is 1. The van der Waals surface area contributed by atoms with Crippen molar-refractivity contribution in [1.82, 2.24) is 10.6 Å². The van der Waals surface area contributed by atoms with Crippen LogP contribution in [0.5, 0.6) is 0 Å². The van der Waals surface area contributed by atoms with Gasteiger partial charge in [0.15, 0.2) is 0 Å². The average molecular weight is 242 g/mol. The highest BCUT2D eigenvalue weighted by atomic mass is 16.5. The van der Waals surface area contributed by atoms with Gasteiger partial charge in [-0.05, 0) is 31.7 Å². The molecule has 100 valence electrons. The fraction of sp³-hybridized carbons (Fsp3) is 0.923. The van der Waals surface area contributed by atoms with E-state index >= 15 is 0 Å². The Kier molecular flexibility index (Phi) is 5.75. The van der Waals surface area contributed by atoms with Crippen molar-refractivity contribution >= 4 is 6.09 Å². The Bertz CT molecular complexity index is 236. The molecular weight excluding hydrogens is 216 g/mol. The Morgan fingerprint density at radius 3 is 2.82 bits per heavy atom. The third kappa shape index (κ3) is 4.94. The number of carbonyl (C=O) groups is 1. The summed E-state index contributed by atoms with van der Waals surface area (Å²) >= 11 is 0. The summed E-state index contributed by atoms with van der Waals surface area (Å²) in [5.41, 5.74) is 0.217. The average Bonchev–Trinajstić information content (AvgIpc) is 2.35. The number of alkyl carbamates (subject to hydrolysis) is 1. The van der Waals surface area contributed by atoms with Gasteiger partial charge in [0.2, 0.25) is 0 Å². The van der Waals surface area contributed by atoms with Crippen LogP contribution in [0.2, 0.25) is 0 Å². The van der Waals surface area contributed by atoms with Crippen LogP contribution in [0, 0.1) is 11.3 Å². The second kappa shape index (κ2) is 6.84. The Balaban J connectivity index is 2.29. The van der Waals surface area contributed by atoms with E-state index in [1.807, 2.05) is 13.8 Å². The first-order chi connectivity index (χ1) is 8.08. The first-order valence-corrected chi connectivity index (χ1v) is 6.69. The molecular formula is C13H26N2O2. The van der Waals surface area contributed by atoms with Gasteiger partial charge in [-0.2, -0.15) is 0 Å². The molecule has 1 aliphatic rings. The molecule has 0 aromatic carbocycles. The van der Waals surface area contributed by atoms with Gasteiger partial charge in [0.05, 0.1) is 6.61 Å². The molecule has 0 saturated carbocycles. The van der Waals surface area contributed by atoms with Crippen LogP contribution >= 0.6 is 0 Å². The highest BCUT2D eigenvalue weighted by molar-refractivity contribution is 5.67. The van der Waals surface area contributed by atoms with Crippen LogP contribution in [-0.4, -0.2) is 32.3 Å². The summed E-state index contributed by atoms with van der Waals surface area (Å²) < 4.78 is 5.11. The molecule has 0 aliphatic carbocycles. The molecule has 0 radical (unpaired) electrons. The van der Waals surface area contributed by atoms with Gasteiger partial charge in [0, 0.05) is 18.5 Å². The van der Waals surface area contributed by atoms with Crippen LogP contribution < -0.4 is 10.6 Å². The first-order valence-electron chi connectivity index (χ1n) is 6.69. The Morgan fingerprint density at radius 2 is 2.29 bits per heavy atom.